The van der Waals surface area contributed by atoms with E-state index in [-0.39, 0.29) is 6.04 Å². The number of benzene rings is 1. The van der Waals surface area contributed by atoms with E-state index in [4.69, 9.17) is 12.2 Å². The van der Waals surface area contributed by atoms with E-state index in [1.54, 1.807) is 0 Å². The molecular weight excluding hydrogens is 369 g/mol. The summed E-state index contributed by atoms with van der Waals surface area (Å²) < 4.78 is 4.04. The van der Waals surface area contributed by atoms with Crippen LogP contribution >= 0.6 is 34.8 Å². The van der Waals surface area contributed by atoms with Crippen molar-refractivity contribution in [1.82, 2.24) is 14.5 Å². The zero-order valence-electron chi connectivity index (χ0n) is 10.3. The van der Waals surface area contributed by atoms with E-state index in [0.29, 0.717) is 0 Å². The SMILES string of the molecule is CC(c1ccccn1)n1c(=S)[nH]c2cc(I)ccc21. The summed E-state index contributed by atoms with van der Waals surface area (Å²) in [5.41, 5.74) is 3.20. The van der Waals surface area contributed by atoms with Gasteiger partial charge < -0.3 is 9.55 Å². The molecule has 1 unspecified atom stereocenters. The Morgan fingerprint density at radius 2 is 2.16 bits per heavy atom. The van der Waals surface area contributed by atoms with Crippen molar-refractivity contribution < 1.29 is 0 Å². The Kier molecular flexibility index (Phi) is 3.40. The molecule has 0 fully saturated rings. The molecule has 2 heterocycles. The monoisotopic (exact) mass is 381 g/mol. The molecule has 3 aromatic rings. The molecule has 3 rings (SSSR count). The van der Waals surface area contributed by atoms with Gasteiger partial charge in [0.1, 0.15) is 0 Å². The molecule has 19 heavy (non-hydrogen) atoms. The van der Waals surface area contributed by atoms with Crippen LogP contribution in [0.1, 0.15) is 18.7 Å². The van der Waals surface area contributed by atoms with E-state index in [1.807, 2.05) is 24.4 Å². The van der Waals surface area contributed by atoms with Gasteiger partial charge in [-0.2, -0.15) is 0 Å². The number of H-pyrrole nitrogens is 1. The van der Waals surface area contributed by atoms with Gasteiger partial charge >= 0.3 is 0 Å². The summed E-state index contributed by atoms with van der Waals surface area (Å²) in [7, 11) is 0. The Bertz CT molecular complexity index is 776. The largest absolute Gasteiger partial charge is 0.331 e. The number of aromatic amines is 1. The number of pyridine rings is 1. The predicted molar refractivity (Wildman–Crippen MR) is 87.9 cm³/mol. The molecule has 0 aliphatic heterocycles. The van der Waals surface area contributed by atoms with E-state index >= 15 is 0 Å². The summed E-state index contributed by atoms with van der Waals surface area (Å²) in [4.78, 5) is 7.68. The molecule has 0 saturated heterocycles. The van der Waals surface area contributed by atoms with Gasteiger partial charge in [0.05, 0.1) is 22.8 Å². The van der Waals surface area contributed by atoms with Crippen molar-refractivity contribution in [3.8, 4) is 0 Å². The van der Waals surface area contributed by atoms with Gasteiger partial charge in [-0.1, -0.05) is 6.07 Å². The zero-order chi connectivity index (χ0) is 13.4. The Morgan fingerprint density at radius 3 is 2.89 bits per heavy atom. The number of aromatic nitrogens is 3. The third kappa shape index (κ3) is 2.32. The maximum Gasteiger partial charge on any atom is 0.178 e. The molecule has 0 bridgehead atoms. The zero-order valence-corrected chi connectivity index (χ0v) is 13.3. The summed E-state index contributed by atoms with van der Waals surface area (Å²) in [6.45, 7) is 2.11. The minimum Gasteiger partial charge on any atom is -0.331 e. The van der Waals surface area contributed by atoms with Crippen LogP contribution in [0.25, 0.3) is 11.0 Å². The standard InChI is InChI=1S/C14H12IN3S/c1-9(11-4-2-3-7-16-11)18-13-6-5-10(15)8-12(13)17-14(18)19/h2-9H,1H3,(H,17,19). The van der Waals surface area contributed by atoms with Gasteiger partial charge in [0.2, 0.25) is 0 Å². The number of imidazole rings is 1. The van der Waals surface area contributed by atoms with Gasteiger partial charge in [0.25, 0.3) is 0 Å². The van der Waals surface area contributed by atoms with Crippen LogP contribution in [0, 0.1) is 8.34 Å². The van der Waals surface area contributed by atoms with Crippen LogP contribution in [0.15, 0.2) is 42.6 Å². The van der Waals surface area contributed by atoms with Gasteiger partial charge in [0, 0.05) is 9.77 Å². The smallest absolute Gasteiger partial charge is 0.178 e. The van der Waals surface area contributed by atoms with Gasteiger partial charge in [-0.15, -0.1) is 0 Å². The minimum atomic E-state index is 0.113. The van der Waals surface area contributed by atoms with E-state index in [2.05, 4.69) is 62.2 Å². The predicted octanol–water partition coefficient (Wildman–Crippen LogP) is 4.31. The first kappa shape index (κ1) is 12.8. The second kappa shape index (κ2) is 5.05. The second-order valence-corrected chi connectivity index (χ2v) is 6.02. The molecule has 2 aromatic heterocycles. The van der Waals surface area contributed by atoms with Crippen molar-refractivity contribution in [1.29, 1.82) is 0 Å². The normalized spacial score (nSPS) is 12.7. The molecule has 1 atom stereocenters. The van der Waals surface area contributed by atoms with Crippen LogP contribution in [-0.4, -0.2) is 14.5 Å². The molecule has 0 amide bonds. The fraction of sp³-hybridized carbons (Fsp3) is 0.143. The first-order valence-corrected chi connectivity index (χ1v) is 7.46. The van der Waals surface area contributed by atoms with Crippen molar-refractivity contribution in [2.45, 2.75) is 13.0 Å². The summed E-state index contributed by atoms with van der Waals surface area (Å²) in [6.07, 6.45) is 1.81. The molecular formula is C14H12IN3S. The minimum absolute atomic E-state index is 0.113. The highest BCUT2D eigenvalue weighted by molar-refractivity contribution is 14.1. The molecule has 0 radical (unpaired) electrons. The van der Waals surface area contributed by atoms with Crippen LogP contribution in [-0.2, 0) is 0 Å². The third-order valence-electron chi connectivity index (χ3n) is 3.18. The van der Waals surface area contributed by atoms with Crippen LogP contribution in [0.4, 0.5) is 0 Å². The van der Waals surface area contributed by atoms with Crippen molar-refractivity contribution in [2.24, 2.45) is 0 Å². The lowest BCUT2D eigenvalue weighted by Gasteiger charge is -2.13. The summed E-state index contributed by atoms with van der Waals surface area (Å²) in [5, 5.41) is 0. The van der Waals surface area contributed by atoms with E-state index in [1.165, 1.54) is 3.57 Å². The Labute approximate surface area is 129 Å². The third-order valence-corrected chi connectivity index (χ3v) is 4.15. The van der Waals surface area contributed by atoms with Crippen molar-refractivity contribution in [3.63, 3.8) is 0 Å². The molecule has 0 spiro atoms. The average Bonchev–Trinajstić information content (AvgIpc) is 2.74. The number of rotatable bonds is 2. The fourth-order valence-electron chi connectivity index (χ4n) is 2.24. The average molecular weight is 381 g/mol. The number of fused-ring (bicyclic) bond motifs is 1. The molecule has 5 heteroatoms. The molecule has 0 saturated carbocycles. The van der Waals surface area contributed by atoms with E-state index in [0.717, 1.165) is 21.5 Å². The molecule has 0 aliphatic rings. The maximum absolute atomic E-state index is 5.45. The van der Waals surface area contributed by atoms with Crippen molar-refractivity contribution >= 4 is 45.8 Å². The van der Waals surface area contributed by atoms with Gasteiger partial charge in [-0.25, -0.2) is 0 Å². The van der Waals surface area contributed by atoms with Crippen LogP contribution < -0.4 is 0 Å². The Hall–Kier alpha value is -1.21. The second-order valence-electron chi connectivity index (χ2n) is 4.39. The number of nitrogens with zero attached hydrogens (tertiary/aromatic N) is 2. The highest BCUT2D eigenvalue weighted by Gasteiger charge is 2.13. The number of halogens is 1. The topological polar surface area (TPSA) is 33.6 Å². The molecule has 96 valence electrons. The van der Waals surface area contributed by atoms with Crippen LogP contribution in [0.3, 0.4) is 0 Å². The lowest BCUT2D eigenvalue weighted by atomic mass is 10.2. The number of hydrogen-bond donors (Lipinski definition) is 1. The lowest BCUT2D eigenvalue weighted by molar-refractivity contribution is 0.630. The summed E-state index contributed by atoms with van der Waals surface area (Å²) >= 11 is 7.75. The Morgan fingerprint density at radius 1 is 1.32 bits per heavy atom. The molecule has 0 aliphatic carbocycles. The first-order chi connectivity index (χ1) is 9.16. The van der Waals surface area contributed by atoms with E-state index in [9.17, 15) is 0 Å². The van der Waals surface area contributed by atoms with Crippen LogP contribution in [0.5, 0.6) is 0 Å². The summed E-state index contributed by atoms with van der Waals surface area (Å²) in [5.74, 6) is 0. The lowest BCUT2D eigenvalue weighted by Crippen LogP contribution is -2.08. The van der Waals surface area contributed by atoms with Crippen molar-refractivity contribution in [3.05, 3.63) is 56.6 Å². The molecule has 3 nitrogen and oxygen atoms in total. The van der Waals surface area contributed by atoms with Crippen LogP contribution in [0.2, 0.25) is 0 Å². The highest BCUT2D eigenvalue weighted by atomic mass is 127. The Balaban J connectivity index is 2.20. The van der Waals surface area contributed by atoms with Gasteiger partial charge in [-0.3, -0.25) is 4.98 Å². The number of nitrogens with one attached hydrogen (secondary N) is 1. The first-order valence-electron chi connectivity index (χ1n) is 5.97. The van der Waals surface area contributed by atoms with E-state index < -0.39 is 0 Å². The fourth-order valence-corrected chi connectivity index (χ4v) is 3.10. The highest BCUT2D eigenvalue weighted by Crippen LogP contribution is 2.24. The van der Waals surface area contributed by atoms with Gasteiger partial charge in [0.15, 0.2) is 4.77 Å². The summed E-state index contributed by atoms with van der Waals surface area (Å²) in [6, 6.07) is 12.4. The maximum atomic E-state index is 5.45. The quantitative estimate of drug-likeness (QED) is 0.530. The number of hydrogen-bond acceptors (Lipinski definition) is 2. The molecule has 1 aromatic carbocycles. The van der Waals surface area contributed by atoms with Crippen molar-refractivity contribution in [2.75, 3.05) is 0 Å². The van der Waals surface area contributed by atoms with Gasteiger partial charge in [-0.05, 0) is 72.1 Å². The molecule has 1 N–H and O–H groups in total.